The van der Waals surface area contributed by atoms with E-state index in [-0.39, 0.29) is 18.2 Å². The van der Waals surface area contributed by atoms with Gasteiger partial charge in [0.25, 0.3) is 11.8 Å². The van der Waals surface area contributed by atoms with Gasteiger partial charge in [0.1, 0.15) is 11.1 Å². The zero-order chi connectivity index (χ0) is 18.2. The van der Waals surface area contributed by atoms with E-state index in [4.69, 9.17) is 0 Å². The first kappa shape index (κ1) is 17.4. The molecule has 0 aromatic heterocycles. The number of hydrogen-bond acceptors (Lipinski definition) is 4. The minimum absolute atomic E-state index is 0.229. The van der Waals surface area contributed by atoms with E-state index in [2.05, 4.69) is 5.32 Å². The minimum Gasteiger partial charge on any atom is -0.380 e. The van der Waals surface area contributed by atoms with Gasteiger partial charge in [-0.15, -0.1) is 0 Å². The fourth-order valence-corrected chi connectivity index (χ4v) is 3.60. The molecule has 4 amide bonds. The number of urea groups is 1. The third-order valence-corrected chi connectivity index (χ3v) is 5.12. The van der Waals surface area contributed by atoms with Crippen molar-refractivity contribution in [2.24, 2.45) is 0 Å². The molecule has 7 heteroatoms. The van der Waals surface area contributed by atoms with E-state index in [1.54, 1.807) is 4.90 Å². The molecule has 0 aliphatic carbocycles. The van der Waals surface area contributed by atoms with Crippen LogP contribution in [0.3, 0.4) is 0 Å². The van der Waals surface area contributed by atoms with Crippen molar-refractivity contribution in [3.63, 3.8) is 0 Å². The number of likely N-dealkylation sites (tertiary alicyclic amines) is 1. The number of benzene rings is 1. The van der Waals surface area contributed by atoms with E-state index in [1.807, 2.05) is 30.3 Å². The lowest BCUT2D eigenvalue weighted by Crippen LogP contribution is -2.58. The van der Waals surface area contributed by atoms with Crippen LogP contribution >= 0.6 is 0 Å². The summed E-state index contributed by atoms with van der Waals surface area (Å²) in [5.74, 6) is -0.600. The molecule has 1 spiro atoms. The van der Waals surface area contributed by atoms with Crippen LogP contribution in [0.4, 0.5) is 4.79 Å². The van der Waals surface area contributed by atoms with Gasteiger partial charge in [-0.2, -0.15) is 0 Å². The lowest BCUT2D eigenvalue weighted by molar-refractivity contribution is -0.152. The first-order valence-electron chi connectivity index (χ1n) is 8.41. The van der Waals surface area contributed by atoms with Crippen LogP contribution in [-0.2, 0) is 16.0 Å². The molecule has 2 aliphatic heterocycles. The molecule has 7 nitrogen and oxygen atoms in total. The fraction of sp³-hybridized carbons (Fsp3) is 0.500. The number of aliphatic hydroxyl groups is 1. The second-order valence-electron chi connectivity index (χ2n) is 7.10. The average molecular weight is 345 g/mol. The Hall–Kier alpha value is -2.41. The molecular weight excluding hydrogens is 322 g/mol. The second-order valence-corrected chi connectivity index (χ2v) is 7.10. The fourth-order valence-electron chi connectivity index (χ4n) is 3.60. The van der Waals surface area contributed by atoms with E-state index in [0.717, 1.165) is 10.5 Å². The average Bonchev–Trinajstić information content (AvgIpc) is 2.79. The summed E-state index contributed by atoms with van der Waals surface area (Å²) in [7, 11) is 1.45. The van der Waals surface area contributed by atoms with Crippen molar-refractivity contribution in [2.45, 2.75) is 37.3 Å². The molecule has 2 aliphatic rings. The summed E-state index contributed by atoms with van der Waals surface area (Å²) in [6.07, 6.45) is 0.941. The minimum atomic E-state index is -1.51. The van der Waals surface area contributed by atoms with E-state index >= 15 is 0 Å². The highest BCUT2D eigenvalue weighted by Crippen LogP contribution is 2.30. The van der Waals surface area contributed by atoms with Crippen molar-refractivity contribution in [3.05, 3.63) is 35.9 Å². The van der Waals surface area contributed by atoms with Gasteiger partial charge in [0.15, 0.2) is 0 Å². The van der Waals surface area contributed by atoms with Gasteiger partial charge in [0.05, 0.1) is 0 Å². The zero-order valence-corrected chi connectivity index (χ0v) is 14.5. The molecule has 1 aromatic rings. The lowest BCUT2D eigenvalue weighted by Gasteiger charge is -2.39. The largest absolute Gasteiger partial charge is 0.380 e. The highest BCUT2D eigenvalue weighted by atomic mass is 16.3. The van der Waals surface area contributed by atoms with Crippen molar-refractivity contribution in [2.75, 3.05) is 20.1 Å². The molecule has 1 atom stereocenters. The Morgan fingerprint density at radius 3 is 2.36 bits per heavy atom. The van der Waals surface area contributed by atoms with Gasteiger partial charge >= 0.3 is 6.03 Å². The third-order valence-electron chi connectivity index (χ3n) is 5.12. The highest BCUT2D eigenvalue weighted by Gasteiger charge is 2.52. The van der Waals surface area contributed by atoms with Crippen molar-refractivity contribution < 1.29 is 19.5 Å². The summed E-state index contributed by atoms with van der Waals surface area (Å²) in [6, 6.07) is 8.96. The predicted molar refractivity (Wildman–Crippen MR) is 90.6 cm³/mol. The van der Waals surface area contributed by atoms with Crippen LogP contribution in [0.5, 0.6) is 0 Å². The molecule has 2 heterocycles. The van der Waals surface area contributed by atoms with Crippen LogP contribution in [-0.4, -0.2) is 64.0 Å². The number of piperidine rings is 1. The Morgan fingerprint density at radius 1 is 1.24 bits per heavy atom. The molecule has 134 valence electrons. The lowest BCUT2D eigenvalue weighted by atomic mass is 9.86. The Morgan fingerprint density at radius 2 is 1.84 bits per heavy atom. The monoisotopic (exact) mass is 345 g/mol. The number of nitrogens with zero attached hydrogens (tertiary/aromatic N) is 2. The second kappa shape index (κ2) is 6.15. The molecule has 2 fully saturated rings. The topological polar surface area (TPSA) is 90.0 Å². The van der Waals surface area contributed by atoms with E-state index in [1.165, 1.54) is 14.0 Å². The normalized spacial score (nSPS) is 22.0. The SMILES string of the molecule is CN1C(=O)NC2(CCN(C(=O)C(C)(O)Cc3ccccc3)CC2)C1=O. The molecule has 25 heavy (non-hydrogen) atoms. The van der Waals surface area contributed by atoms with Crippen LogP contribution in [0.25, 0.3) is 0 Å². The summed E-state index contributed by atoms with van der Waals surface area (Å²) < 4.78 is 0. The number of rotatable bonds is 3. The number of likely N-dealkylation sites (N-methyl/N-ethyl adjacent to an activating group) is 1. The number of carbonyl (C=O) groups excluding carboxylic acids is 3. The molecule has 0 radical (unpaired) electrons. The number of nitrogens with one attached hydrogen (secondary N) is 1. The summed E-state index contributed by atoms with van der Waals surface area (Å²) in [5, 5.41) is 13.4. The van der Waals surface area contributed by atoms with E-state index in [9.17, 15) is 19.5 Å². The smallest absolute Gasteiger partial charge is 0.324 e. The Balaban J connectivity index is 1.65. The summed E-state index contributed by atoms with van der Waals surface area (Å²) in [6.45, 7) is 2.16. The molecular formula is C18H23N3O4. The van der Waals surface area contributed by atoms with Crippen molar-refractivity contribution in [1.29, 1.82) is 0 Å². The summed E-state index contributed by atoms with van der Waals surface area (Å²) >= 11 is 0. The van der Waals surface area contributed by atoms with Gasteiger partial charge in [-0.25, -0.2) is 4.79 Å². The van der Waals surface area contributed by atoms with Gasteiger partial charge in [-0.3, -0.25) is 14.5 Å². The van der Waals surface area contributed by atoms with E-state index < -0.39 is 17.2 Å². The first-order valence-corrected chi connectivity index (χ1v) is 8.41. The van der Waals surface area contributed by atoms with Crippen molar-refractivity contribution in [1.82, 2.24) is 15.1 Å². The Bertz CT molecular complexity index is 694. The highest BCUT2D eigenvalue weighted by molar-refractivity contribution is 6.06. The van der Waals surface area contributed by atoms with E-state index in [0.29, 0.717) is 25.9 Å². The molecule has 0 bridgehead atoms. The number of carbonyl (C=O) groups is 3. The maximum Gasteiger partial charge on any atom is 0.324 e. The van der Waals surface area contributed by atoms with Gasteiger partial charge in [-0.1, -0.05) is 30.3 Å². The number of imide groups is 1. The van der Waals surface area contributed by atoms with Crippen molar-refractivity contribution >= 4 is 17.8 Å². The number of amides is 4. The standard InChI is InChI=1S/C18H23N3O4/c1-17(25,12-13-6-4-3-5-7-13)14(22)21-10-8-18(9-11-21)15(23)20(2)16(24)19-18/h3-7,25H,8-12H2,1-2H3,(H,19,24). The van der Waals surface area contributed by atoms with Crippen LogP contribution in [0.1, 0.15) is 25.3 Å². The Labute approximate surface area is 146 Å². The van der Waals surface area contributed by atoms with Crippen LogP contribution in [0.2, 0.25) is 0 Å². The zero-order valence-electron chi connectivity index (χ0n) is 14.5. The summed E-state index contributed by atoms with van der Waals surface area (Å²) in [5.41, 5.74) is -1.53. The van der Waals surface area contributed by atoms with Gasteiger partial charge in [-0.05, 0) is 25.3 Å². The molecule has 2 N–H and O–H groups in total. The predicted octanol–water partition coefficient (Wildman–Crippen LogP) is 0.523. The maximum absolute atomic E-state index is 12.7. The first-order chi connectivity index (χ1) is 11.8. The molecule has 0 saturated carbocycles. The van der Waals surface area contributed by atoms with Gasteiger partial charge < -0.3 is 15.3 Å². The quantitative estimate of drug-likeness (QED) is 0.782. The number of hydrogen-bond donors (Lipinski definition) is 2. The maximum atomic E-state index is 12.7. The van der Waals surface area contributed by atoms with Crippen LogP contribution in [0.15, 0.2) is 30.3 Å². The molecule has 1 aromatic carbocycles. The van der Waals surface area contributed by atoms with Gasteiger partial charge in [0.2, 0.25) is 0 Å². The third kappa shape index (κ3) is 3.11. The molecule has 2 saturated heterocycles. The van der Waals surface area contributed by atoms with Crippen LogP contribution in [0, 0.1) is 0 Å². The van der Waals surface area contributed by atoms with Gasteiger partial charge in [0, 0.05) is 26.6 Å². The Kier molecular flexibility index (Phi) is 4.28. The van der Waals surface area contributed by atoms with Crippen LogP contribution < -0.4 is 5.32 Å². The molecule has 3 rings (SSSR count). The van der Waals surface area contributed by atoms with Crippen molar-refractivity contribution in [3.8, 4) is 0 Å². The summed E-state index contributed by atoms with van der Waals surface area (Å²) in [4.78, 5) is 39.4. The molecule has 1 unspecified atom stereocenters.